The van der Waals surface area contributed by atoms with Crippen LogP contribution in [0.4, 0.5) is 4.39 Å². The summed E-state index contributed by atoms with van der Waals surface area (Å²) in [7, 11) is 0. The third-order valence-electron chi connectivity index (χ3n) is 5.65. The van der Waals surface area contributed by atoms with Gasteiger partial charge in [-0.25, -0.2) is 5.84 Å². The Kier molecular flexibility index (Phi) is 8.34. The van der Waals surface area contributed by atoms with Gasteiger partial charge >= 0.3 is 0 Å². The minimum atomic E-state index is -0.564. The van der Waals surface area contributed by atoms with E-state index in [0.29, 0.717) is 28.8 Å². The van der Waals surface area contributed by atoms with E-state index in [2.05, 4.69) is 11.8 Å². The Labute approximate surface area is 188 Å². The van der Waals surface area contributed by atoms with Crippen LogP contribution < -0.4 is 11.6 Å². The molecule has 30 heavy (non-hydrogen) atoms. The predicted molar refractivity (Wildman–Crippen MR) is 125 cm³/mol. The first-order valence-corrected chi connectivity index (χ1v) is 10.8. The molecule has 1 heterocycles. The van der Waals surface area contributed by atoms with Gasteiger partial charge in [0.15, 0.2) is 0 Å². The first-order valence-electron chi connectivity index (χ1n) is 10.0. The maximum absolute atomic E-state index is 13.2. The summed E-state index contributed by atoms with van der Waals surface area (Å²) < 4.78 is 13.2. The van der Waals surface area contributed by atoms with E-state index in [4.69, 9.17) is 39.8 Å². The molecule has 0 bridgehead atoms. The number of alkyl halides is 1. The van der Waals surface area contributed by atoms with Crippen molar-refractivity contribution in [1.82, 2.24) is 14.9 Å². The monoisotopic (exact) mass is 455 g/mol. The molecule has 166 valence electrons. The van der Waals surface area contributed by atoms with Gasteiger partial charge in [0.05, 0.1) is 22.9 Å². The van der Waals surface area contributed by atoms with Crippen LogP contribution in [0.15, 0.2) is 30.1 Å². The van der Waals surface area contributed by atoms with Gasteiger partial charge in [0.2, 0.25) is 0 Å². The minimum Gasteiger partial charge on any atom is -0.400 e. The van der Waals surface area contributed by atoms with E-state index in [0.717, 1.165) is 28.7 Å². The molecule has 0 radical (unpaired) electrons. The zero-order chi connectivity index (χ0) is 22.6. The summed E-state index contributed by atoms with van der Waals surface area (Å²) >= 11 is 12.6. The number of halogens is 3. The number of fused-ring (bicyclic) bond motifs is 1. The lowest BCUT2D eigenvalue weighted by molar-refractivity contribution is 0.113. The van der Waals surface area contributed by atoms with E-state index >= 15 is 0 Å². The molecule has 1 unspecified atom stereocenters. The Hall–Kier alpha value is -1.60. The second kappa shape index (κ2) is 10.1. The molecule has 0 aliphatic rings. The lowest BCUT2D eigenvalue weighted by atomic mass is 9.87. The normalized spacial score (nSPS) is 13.9. The number of pyridine rings is 1. The predicted octanol–water partition coefficient (Wildman–Crippen LogP) is 5.03. The van der Waals surface area contributed by atoms with Gasteiger partial charge in [-0.15, -0.1) is 0 Å². The van der Waals surface area contributed by atoms with Crippen LogP contribution in [0, 0.1) is 12.3 Å². The molecule has 0 aliphatic carbocycles. The first kappa shape index (κ1) is 24.7. The molecule has 0 fully saturated rings. The second-order valence-corrected chi connectivity index (χ2v) is 9.23. The van der Waals surface area contributed by atoms with Crippen LogP contribution in [0.2, 0.25) is 10.0 Å². The molecule has 0 spiro atoms. The van der Waals surface area contributed by atoms with E-state index in [9.17, 15) is 4.39 Å². The van der Waals surface area contributed by atoms with Gasteiger partial charge in [0.1, 0.15) is 0 Å². The molecule has 0 aliphatic heterocycles. The van der Waals surface area contributed by atoms with Crippen molar-refractivity contribution in [1.29, 1.82) is 0 Å². The number of nitrogens with two attached hydrogens (primary N) is 2. The number of rotatable bonds is 9. The van der Waals surface area contributed by atoms with Crippen LogP contribution in [0.5, 0.6) is 0 Å². The fraction of sp³-hybridized carbons (Fsp3) is 0.500. The SMILES string of the molecule is CCN(C/C(N)=C/N(N)C(C)C(C)(C)CF)Cc1ccc2c(Cl)cc(Cl)c(C)c2n1. The Balaban J connectivity index is 2.16. The Morgan fingerprint density at radius 3 is 2.57 bits per heavy atom. The zero-order valence-electron chi connectivity index (χ0n) is 18.3. The van der Waals surface area contributed by atoms with E-state index in [1.54, 1.807) is 12.3 Å². The lowest BCUT2D eigenvalue weighted by Gasteiger charge is -2.35. The third kappa shape index (κ3) is 5.76. The van der Waals surface area contributed by atoms with Crippen molar-refractivity contribution < 1.29 is 4.39 Å². The number of hydrogen-bond acceptors (Lipinski definition) is 5. The van der Waals surface area contributed by atoms with Crippen molar-refractivity contribution in [2.24, 2.45) is 17.0 Å². The van der Waals surface area contributed by atoms with Crippen molar-refractivity contribution in [2.45, 2.75) is 47.2 Å². The van der Waals surface area contributed by atoms with Crippen molar-refractivity contribution >= 4 is 34.1 Å². The van der Waals surface area contributed by atoms with E-state index in [-0.39, 0.29) is 6.04 Å². The van der Waals surface area contributed by atoms with Crippen LogP contribution >= 0.6 is 23.2 Å². The van der Waals surface area contributed by atoms with Crippen LogP contribution in [-0.2, 0) is 6.54 Å². The highest BCUT2D eigenvalue weighted by Crippen LogP contribution is 2.31. The van der Waals surface area contributed by atoms with Crippen molar-refractivity contribution in [2.75, 3.05) is 19.8 Å². The van der Waals surface area contributed by atoms with Gasteiger partial charge in [0.25, 0.3) is 0 Å². The lowest BCUT2D eigenvalue weighted by Crippen LogP contribution is -2.46. The average molecular weight is 456 g/mol. The number of hydrogen-bond donors (Lipinski definition) is 2. The first-order chi connectivity index (χ1) is 14.0. The molecular formula is C22H32Cl2FN5. The topological polar surface area (TPSA) is 71.4 Å². The standard InChI is InChI=1S/C22H32Cl2FN5/c1-6-29(10-16(26)11-30(27)15(3)22(4,5)13-25)12-17-7-8-18-20(24)9-19(23)14(2)21(18)28-17/h7-9,11,15H,6,10,12-13,26-27H2,1-5H3/b16-11-. The molecule has 5 nitrogen and oxygen atoms in total. The van der Waals surface area contributed by atoms with Crippen LogP contribution in [0.1, 0.15) is 39.0 Å². The van der Waals surface area contributed by atoms with Crippen LogP contribution in [0.3, 0.4) is 0 Å². The van der Waals surface area contributed by atoms with Gasteiger partial charge < -0.3 is 10.7 Å². The molecule has 1 aromatic heterocycles. The summed E-state index contributed by atoms with van der Waals surface area (Å²) in [6.45, 7) is 11.0. The maximum atomic E-state index is 13.2. The highest BCUT2D eigenvalue weighted by Gasteiger charge is 2.28. The Morgan fingerprint density at radius 1 is 1.30 bits per heavy atom. The number of benzene rings is 1. The molecule has 0 amide bonds. The molecule has 4 N–H and O–H groups in total. The quantitative estimate of drug-likeness (QED) is 0.409. The second-order valence-electron chi connectivity index (χ2n) is 8.42. The Bertz CT molecular complexity index is 916. The number of likely N-dealkylation sites (N-methyl/N-ethyl adjacent to an activating group) is 1. The third-order valence-corrected chi connectivity index (χ3v) is 6.36. The average Bonchev–Trinajstić information content (AvgIpc) is 2.70. The largest absolute Gasteiger partial charge is 0.400 e. The van der Waals surface area contributed by atoms with E-state index < -0.39 is 12.1 Å². The van der Waals surface area contributed by atoms with E-state index in [1.807, 2.05) is 39.8 Å². The molecule has 8 heteroatoms. The zero-order valence-corrected chi connectivity index (χ0v) is 19.9. The van der Waals surface area contributed by atoms with Crippen LogP contribution in [0.25, 0.3) is 10.9 Å². The van der Waals surface area contributed by atoms with Gasteiger partial charge in [-0.2, -0.15) is 0 Å². The summed E-state index contributed by atoms with van der Waals surface area (Å²) in [5.74, 6) is 6.11. The van der Waals surface area contributed by atoms with Crippen LogP contribution in [-0.4, -0.2) is 40.7 Å². The van der Waals surface area contributed by atoms with Gasteiger partial charge in [-0.05, 0) is 44.2 Å². The van der Waals surface area contributed by atoms with E-state index in [1.165, 1.54) is 5.01 Å². The summed E-state index contributed by atoms with van der Waals surface area (Å²) in [4.78, 5) is 6.93. The molecule has 0 saturated carbocycles. The highest BCUT2D eigenvalue weighted by molar-refractivity contribution is 6.39. The molecule has 0 saturated heterocycles. The number of nitrogens with zero attached hydrogens (tertiary/aromatic N) is 3. The van der Waals surface area contributed by atoms with Crippen molar-refractivity contribution in [3.63, 3.8) is 0 Å². The fourth-order valence-corrected chi connectivity index (χ4v) is 3.62. The highest BCUT2D eigenvalue weighted by atomic mass is 35.5. The summed E-state index contributed by atoms with van der Waals surface area (Å²) in [5, 5.41) is 3.57. The number of hydrazine groups is 1. The summed E-state index contributed by atoms with van der Waals surface area (Å²) in [6, 6.07) is 5.48. The molecular weight excluding hydrogens is 424 g/mol. The molecule has 2 aromatic rings. The summed E-state index contributed by atoms with van der Waals surface area (Å²) in [6.07, 6.45) is 1.68. The molecule has 1 atom stereocenters. The number of aryl methyl sites for hydroxylation is 1. The maximum Gasteiger partial charge on any atom is 0.0965 e. The number of aromatic nitrogens is 1. The summed E-state index contributed by atoms with van der Waals surface area (Å²) in [5.41, 5.74) is 8.88. The molecule has 2 rings (SSSR count). The minimum absolute atomic E-state index is 0.198. The molecule has 1 aromatic carbocycles. The fourth-order valence-electron chi connectivity index (χ4n) is 3.10. The Morgan fingerprint density at radius 2 is 1.97 bits per heavy atom. The van der Waals surface area contributed by atoms with Crippen molar-refractivity contribution in [3.05, 3.63) is 51.4 Å². The van der Waals surface area contributed by atoms with Gasteiger partial charge in [-0.3, -0.25) is 14.3 Å². The van der Waals surface area contributed by atoms with Gasteiger partial charge in [0, 0.05) is 46.9 Å². The van der Waals surface area contributed by atoms with Gasteiger partial charge in [-0.1, -0.05) is 44.0 Å². The van der Waals surface area contributed by atoms with Crippen molar-refractivity contribution in [3.8, 4) is 0 Å². The smallest absolute Gasteiger partial charge is 0.0965 e.